The predicted molar refractivity (Wildman–Crippen MR) is 133 cm³/mol. The second-order valence-corrected chi connectivity index (χ2v) is 9.49. The molecule has 0 atom stereocenters. The van der Waals surface area contributed by atoms with Crippen molar-refractivity contribution in [3.63, 3.8) is 0 Å². The molecule has 0 radical (unpaired) electrons. The summed E-state index contributed by atoms with van der Waals surface area (Å²) in [7, 11) is -0.965. The van der Waals surface area contributed by atoms with Crippen LogP contribution in [0.3, 0.4) is 0 Å². The van der Waals surface area contributed by atoms with Gasteiger partial charge in [-0.25, -0.2) is 4.39 Å². The van der Waals surface area contributed by atoms with Crippen molar-refractivity contribution in [2.75, 3.05) is 55.4 Å². The molecule has 0 aliphatic carbocycles. The summed E-state index contributed by atoms with van der Waals surface area (Å²) in [6, 6.07) is 11.4. The summed E-state index contributed by atoms with van der Waals surface area (Å²) >= 11 is 0. The fraction of sp³-hybridized carbons (Fsp3) is 0.250. The van der Waals surface area contributed by atoms with Gasteiger partial charge in [0.15, 0.2) is 11.6 Å². The number of benzene rings is 2. The second-order valence-electron chi connectivity index (χ2n) is 7.85. The Bertz CT molecular complexity index is 1370. The fourth-order valence-electron chi connectivity index (χ4n) is 3.82. The quantitative estimate of drug-likeness (QED) is 0.428. The van der Waals surface area contributed by atoms with Gasteiger partial charge in [-0.2, -0.15) is 8.42 Å². The first-order valence-corrected chi connectivity index (χ1v) is 12.7. The lowest BCUT2D eigenvalue weighted by atomic mass is 10.1. The summed E-state index contributed by atoms with van der Waals surface area (Å²) in [5.74, 6) is -0.681. The molecule has 1 aromatic heterocycles. The molecule has 0 saturated carbocycles. The van der Waals surface area contributed by atoms with Gasteiger partial charge in [0.2, 0.25) is 0 Å². The number of methoxy groups -OCH3 is 2. The van der Waals surface area contributed by atoms with Crippen LogP contribution in [0.2, 0.25) is 0 Å². The van der Waals surface area contributed by atoms with Crippen molar-refractivity contribution in [3.05, 3.63) is 66.2 Å². The van der Waals surface area contributed by atoms with Gasteiger partial charge in [-0.15, -0.1) is 0 Å². The highest BCUT2D eigenvalue weighted by atomic mass is 32.2. The van der Waals surface area contributed by atoms with Crippen molar-refractivity contribution in [2.45, 2.75) is 0 Å². The summed E-state index contributed by atoms with van der Waals surface area (Å²) < 4.78 is 53.9. The minimum absolute atomic E-state index is 0.0486. The Balaban J connectivity index is 1.77. The molecule has 190 valence electrons. The van der Waals surface area contributed by atoms with Crippen molar-refractivity contribution < 1.29 is 31.3 Å². The highest BCUT2D eigenvalue weighted by molar-refractivity contribution is 7.85. The van der Waals surface area contributed by atoms with E-state index in [1.165, 1.54) is 36.2 Å². The third-order valence-corrected chi connectivity index (χ3v) is 6.12. The van der Waals surface area contributed by atoms with E-state index < -0.39 is 15.9 Å². The molecule has 4 rings (SSSR count). The maximum absolute atomic E-state index is 15.4. The van der Waals surface area contributed by atoms with Crippen LogP contribution in [0.4, 0.5) is 27.1 Å². The van der Waals surface area contributed by atoms with Crippen LogP contribution >= 0.6 is 0 Å². The lowest BCUT2D eigenvalue weighted by Crippen LogP contribution is -2.40. The number of nitrogens with zero attached hydrogens (tertiary/aromatic N) is 3. The number of carbonyl (C=O) groups is 1. The van der Waals surface area contributed by atoms with E-state index in [1.807, 2.05) is 0 Å². The number of halogens is 1. The average molecular weight is 517 g/mol. The van der Waals surface area contributed by atoms with Crippen LogP contribution in [0.25, 0.3) is 0 Å². The van der Waals surface area contributed by atoms with Gasteiger partial charge in [-0.05, 0) is 30.3 Å². The van der Waals surface area contributed by atoms with Gasteiger partial charge < -0.3 is 19.7 Å². The molecule has 36 heavy (non-hydrogen) atoms. The molecule has 0 unspecified atom stereocenters. The Morgan fingerprint density at radius 3 is 2.64 bits per heavy atom. The number of rotatable bonds is 9. The number of amides is 1. The smallest absolute Gasteiger partial charge is 0.264 e. The van der Waals surface area contributed by atoms with E-state index in [2.05, 4.69) is 10.3 Å². The van der Waals surface area contributed by atoms with Gasteiger partial charge in [0, 0.05) is 36.2 Å². The summed E-state index contributed by atoms with van der Waals surface area (Å²) in [5.41, 5.74) is 2.08. The molecular weight excluding hydrogens is 491 g/mol. The molecular formula is C24H25FN4O6S. The number of anilines is 4. The zero-order valence-electron chi connectivity index (χ0n) is 19.9. The summed E-state index contributed by atoms with van der Waals surface area (Å²) in [6.45, 7) is -0.0551. The number of fused-ring (bicyclic) bond motifs is 1. The Morgan fingerprint density at radius 2 is 1.97 bits per heavy atom. The Hall–Kier alpha value is -3.90. The topological polar surface area (TPSA) is 110 Å². The van der Waals surface area contributed by atoms with Crippen molar-refractivity contribution in [3.8, 4) is 11.5 Å². The molecule has 0 spiro atoms. The first-order chi connectivity index (χ1) is 17.2. The first-order valence-electron chi connectivity index (χ1n) is 10.8. The molecule has 1 amide bonds. The zero-order valence-corrected chi connectivity index (χ0v) is 20.7. The monoisotopic (exact) mass is 516 g/mol. The fourth-order valence-corrected chi connectivity index (χ4v) is 4.20. The van der Waals surface area contributed by atoms with Crippen LogP contribution in [0.15, 0.2) is 54.9 Å². The molecule has 10 nitrogen and oxygen atoms in total. The van der Waals surface area contributed by atoms with Crippen molar-refractivity contribution in [2.24, 2.45) is 0 Å². The number of carbonyl (C=O) groups excluding carboxylic acids is 1. The third-order valence-electron chi connectivity index (χ3n) is 5.53. The van der Waals surface area contributed by atoms with Gasteiger partial charge >= 0.3 is 0 Å². The van der Waals surface area contributed by atoms with E-state index in [-0.39, 0.29) is 37.2 Å². The standard InChI is InChI=1S/C24H25FN4O6S/c1-33-18-12-21(23(25)22(13-18)34-2)28(9-10-35-36(3,31)32)16-6-7-20-19(11-16)24(30)29(15-27-20)17-5-4-8-26-14-17/h4-8,11-14,27H,9-10,15H2,1-3H3. The van der Waals surface area contributed by atoms with Crippen LogP contribution in [0.1, 0.15) is 10.4 Å². The van der Waals surface area contributed by atoms with Gasteiger partial charge in [-0.1, -0.05) is 0 Å². The van der Waals surface area contributed by atoms with Crippen molar-refractivity contribution in [1.29, 1.82) is 0 Å². The Morgan fingerprint density at radius 1 is 1.17 bits per heavy atom. The zero-order chi connectivity index (χ0) is 25.9. The van der Waals surface area contributed by atoms with Crippen molar-refractivity contribution >= 4 is 38.8 Å². The highest BCUT2D eigenvalue weighted by Crippen LogP contribution is 2.38. The van der Waals surface area contributed by atoms with Crippen LogP contribution in [-0.4, -0.2) is 59.6 Å². The molecule has 0 saturated heterocycles. The second kappa shape index (κ2) is 10.4. The predicted octanol–water partition coefficient (Wildman–Crippen LogP) is 3.38. The van der Waals surface area contributed by atoms with E-state index in [9.17, 15) is 13.2 Å². The van der Waals surface area contributed by atoms with E-state index in [1.54, 1.807) is 42.7 Å². The molecule has 2 heterocycles. The van der Waals surface area contributed by atoms with Gasteiger partial charge in [0.1, 0.15) is 5.75 Å². The number of aromatic nitrogens is 1. The molecule has 0 bridgehead atoms. The third kappa shape index (κ3) is 5.34. The normalized spacial score (nSPS) is 13.1. The van der Waals surface area contributed by atoms with Crippen molar-refractivity contribution in [1.82, 2.24) is 4.98 Å². The summed E-state index contributed by atoms with van der Waals surface area (Å²) in [5, 5.41) is 3.20. The number of hydrogen-bond donors (Lipinski definition) is 1. The number of ether oxygens (including phenoxy) is 2. The van der Waals surface area contributed by atoms with E-state index in [4.69, 9.17) is 13.7 Å². The van der Waals surface area contributed by atoms with Gasteiger partial charge in [0.05, 0.1) is 56.9 Å². The molecule has 12 heteroatoms. The van der Waals surface area contributed by atoms with E-state index in [0.717, 1.165) is 6.26 Å². The lowest BCUT2D eigenvalue weighted by Gasteiger charge is -2.31. The van der Waals surface area contributed by atoms with Gasteiger partial charge in [-0.3, -0.25) is 18.9 Å². The molecule has 1 N–H and O–H groups in total. The number of nitrogens with one attached hydrogen (secondary N) is 1. The average Bonchev–Trinajstić information content (AvgIpc) is 2.87. The summed E-state index contributed by atoms with van der Waals surface area (Å²) in [4.78, 5) is 20.5. The van der Waals surface area contributed by atoms with Crippen LogP contribution in [0.5, 0.6) is 11.5 Å². The van der Waals surface area contributed by atoms with Crippen LogP contribution < -0.4 is 24.6 Å². The minimum atomic E-state index is -3.73. The number of hydrogen-bond acceptors (Lipinski definition) is 9. The highest BCUT2D eigenvalue weighted by Gasteiger charge is 2.27. The maximum atomic E-state index is 15.4. The van der Waals surface area contributed by atoms with E-state index in [0.29, 0.717) is 28.4 Å². The van der Waals surface area contributed by atoms with Crippen LogP contribution in [0, 0.1) is 5.82 Å². The largest absolute Gasteiger partial charge is 0.497 e. The first kappa shape index (κ1) is 25.2. The van der Waals surface area contributed by atoms with E-state index >= 15 is 4.39 Å². The van der Waals surface area contributed by atoms with Crippen LogP contribution in [-0.2, 0) is 14.3 Å². The Kier molecular flexibility index (Phi) is 7.27. The minimum Gasteiger partial charge on any atom is -0.497 e. The molecule has 1 aliphatic rings. The molecule has 3 aromatic rings. The number of pyridine rings is 1. The Labute approximate surface area is 208 Å². The summed E-state index contributed by atoms with van der Waals surface area (Å²) in [6.07, 6.45) is 4.13. The maximum Gasteiger partial charge on any atom is 0.264 e. The lowest BCUT2D eigenvalue weighted by molar-refractivity contribution is 0.0986. The molecule has 2 aromatic carbocycles. The molecule has 1 aliphatic heterocycles. The SMILES string of the molecule is COc1cc(OC)c(F)c(N(CCOS(C)(=O)=O)c2ccc3c(c2)C(=O)N(c2cccnc2)CN3)c1. The molecule has 0 fully saturated rings. The van der Waals surface area contributed by atoms with Gasteiger partial charge in [0.25, 0.3) is 16.0 Å².